The molecule has 1 fully saturated rings. The molecule has 2 heterocycles. The van der Waals surface area contributed by atoms with Gasteiger partial charge in [0.2, 0.25) is 5.91 Å². The number of aromatic nitrogens is 2. The first-order valence-electron chi connectivity index (χ1n) is 11.1. The molecule has 7 nitrogen and oxygen atoms in total. The first-order chi connectivity index (χ1) is 15.7. The number of nitrogens with zero attached hydrogens (tertiary/aromatic N) is 4. The van der Waals surface area contributed by atoms with Crippen LogP contribution in [0.2, 0.25) is 0 Å². The van der Waals surface area contributed by atoms with Gasteiger partial charge in [0, 0.05) is 45.3 Å². The van der Waals surface area contributed by atoms with Gasteiger partial charge in [0.05, 0.1) is 0 Å². The maximum absolute atomic E-state index is 12.3. The Hall–Kier alpha value is -3.45. The number of nitrogens with one attached hydrogen (secondary N) is 1. The van der Waals surface area contributed by atoms with Gasteiger partial charge < -0.3 is 10.2 Å². The number of piperazine rings is 1. The van der Waals surface area contributed by atoms with Crippen LogP contribution in [0.25, 0.3) is 0 Å². The zero-order chi connectivity index (χ0) is 22.2. The van der Waals surface area contributed by atoms with E-state index in [0.29, 0.717) is 6.54 Å². The van der Waals surface area contributed by atoms with Crippen LogP contribution < -0.4 is 15.8 Å². The summed E-state index contributed by atoms with van der Waals surface area (Å²) in [5.74, 6) is 0.529. The van der Waals surface area contributed by atoms with E-state index in [-0.39, 0.29) is 18.0 Å². The number of rotatable bonds is 8. The Bertz CT molecular complexity index is 1060. The van der Waals surface area contributed by atoms with Crippen LogP contribution in [-0.2, 0) is 24.3 Å². The smallest absolute Gasteiger partial charge is 0.267 e. The van der Waals surface area contributed by atoms with Gasteiger partial charge in [-0.05, 0) is 23.6 Å². The van der Waals surface area contributed by atoms with Crippen LogP contribution in [0.3, 0.4) is 0 Å². The van der Waals surface area contributed by atoms with E-state index in [1.54, 1.807) is 6.07 Å². The van der Waals surface area contributed by atoms with Gasteiger partial charge in [-0.2, -0.15) is 5.10 Å². The monoisotopic (exact) mass is 431 g/mol. The van der Waals surface area contributed by atoms with Gasteiger partial charge in [-0.15, -0.1) is 0 Å². The second-order valence-electron chi connectivity index (χ2n) is 8.02. The van der Waals surface area contributed by atoms with E-state index in [1.807, 2.05) is 36.4 Å². The molecule has 1 aromatic heterocycles. The van der Waals surface area contributed by atoms with Crippen LogP contribution in [0, 0.1) is 0 Å². The molecule has 1 aliphatic rings. The minimum absolute atomic E-state index is 0.0740. The average molecular weight is 432 g/mol. The van der Waals surface area contributed by atoms with Gasteiger partial charge in [0.25, 0.3) is 5.56 Å². The highest BCUT2D eigenvalue weighted by Gasteiger charge is 2.19. The fraction of sp³-hybridized carbons (Fsp3) is 0.320. The van der Waals surface area contributed by atoms with Gasteiger partial charge in [-0.3, -0.25) is 14.5 Å². The molecule has 7 heteroatoms. The number of amides is 1. The summed E-state index contributed by atoms with van der Waals surface area (Å²) in [6.07, 6.45) is 0.752. The molecular formula is C25H29N5O2. The van der Waals surface area contributed by atoms with Crippen LogP contribution in [0.1, 0.15) is 11.1 Å². The first-order valence-corrected chi connectivity index (χ1v) is 11.1. The highest BCUT2D eigenvalue weighted by atomic mass is 16.2. The second kappa shape index (κ2) is 10.7. The molecule has 0 saturated carbocycles. The van der Waals surface area contributed by atoms with Crippen molar-refractivity contribution in [3.05, 3.63) is 94.3 Å². The van der Waals surface area contributed by atoms with E-state index in [2.05, 4.69) is 44.5 Å². The molecule has 1 amide bonds. The van der Waals surface area contributed by atoms with Crippen molar-refractivity contribution in [3.63, 3.8) is 0 Å². The zero-order valence-electron chi connectivity index (χ0n) is 18.2. The number of carbonyl (C=O) groups is 1. The third-order valence-corrected chi connectivity index (χ3v) is 5.67. The lowest BCUT2D eigenvalue weighted by Crippen LogP contribution is -2.46. The molecule has 166 valence electrons. The second-order valence-corrected chi connectivity index (χ2v) is 8.02. The van der Waals surface area contributed by atoms with E-state index < -0.39 is 0 Å². The van der Waals surface area contributed by atoms with Crippen molar-refractivity contribution in [2.75, 3.05) is 37.6 Å². The van der Waals surface area contributed by atoms with Crippen molar-refractivity contribution in [3.8, 4) is 0 Å². The van der Waals surface area contributed by atoms with Gasteiger partial charge >= 0.3 is 0 Å². The summed E-state index contributed by atoms with van der Waals surface area (Å²) < 4.78 is 1.25. The average Bonchev–Trinajstić information content (AvgIpc) is 2.82. The first kappa shape index (κ1) is 21.8. The third-order valence-electron chi connectivity index (χ3n) is 5.67. The lowest BCUT2D eigenvalue weighted by molar-refractivity contribution is -0.121. The van der Waals surface area contributed by atoms with E-state index in [0.717, 1.165) is 50.5 Å². The largest absolute Gasteiger partial charge is 0.354 e. The molecule has 3 aromatic rings. The van der Waals surface area contributed by atoms with Crippen LogP contribution in [0.5, 0.6) is 0 Å². The van der Waals surface area contributed by atoms with Crippen LogP contribution in [0.15, 0.2) is 77.6 Å². The number of hydrogen-bond donors (Lipinski definition) is 1. The van der Waals surface area contributed by atoms with Gasteiger partial charge in [0.15, 0.2) is 0 Å². The highest BCUT2D eigenvalue weighted by molar-refractivity contribution is 5.75. The molecule has 0 spiro atoms. The topological polar surface area (TPSA) is 70.5 Å². The fourth-order valence-electron chi connectivity index (χ4n) is 3.88. The van der Waals surface area contributed by atoms with Crippen LogP contribution in [0.4, 0.5) is 5.82 Å². The Balaban J connectivity index is 1.28. The molecule has 0 unspecified atom stereocenters. The molecule has 1 N–H and O–H groups in total. The maximum atomic E-state index is 12.3. The summed E-state index contributed by atoms with van der Waals surface area (Å²) >= 11 is 0. The van der Waals surface area contributed by atoms with Gasteiger partial charge in [-0.1, -0.05) is 60.7 Å². The molecule has 1 aliphatic heterocycles. The molecule has 2 aromatic carbocycles. The lowest BCUT2D eigenvalue weighted by Gasteiger charge is -2.35. The third kappa shape index (κ3) is 6.04. The Morgan fingerprint density at radius 2 is 1.50 bits per heavy atom. The van der Waals surface area contributed by atoms with Crippen molar-refractivity contribution in [2.24, 2.45) is 0 Å². The summed E-state index contributed by atoms with van der Waals surface area (Å²) in [7, 11) is 0. The van der Waals surface area contributed by atoms with E-state index in [1.165, 1.54) is 16.3 Å². The molecule has 4 rings (SSSR count). The Labute approximate surface area is 188 Å². The van der Waals surface area contributed by atoms with Crippen LogP contribution >= 0.6 is 0 Å². The predicted octanol–water partition coefficient (Wildman–Crippen LogP) is 1.92. The fourth-order valence-corrected chi connectivity index (χ4v) is 3.88. The van der Waals surface area contributed by atoms with Gasteiger partial charge in [-0.25, -0.2) is 4.68 Å². The van der Waals surface area contributed by atoms with E-state index >= 15 is 0 Å². The lowest BCUT2D eigenvalue weighted by atomic mass is 10.1. The predicted molar refractivity (Wildman–Crippen MR) is 126 cm³/mol. The maximum Gasteiger partial charge on any atom is 0.267 e. The standard InChI is InChI=1S/C25H29N5O2/c31-24(26-14-13-21-7-3-1-4-8-21)20-30-25(32)12-11-23(27-30)29-17-15-28(16-18-29)19-22-9-5-2-6-10-22/h1-12H,13-20H2,(H,26,31). The summed E-state index contributed by atoms with van der Waals surface area (Å²) in [6.45, 7) is 4.91. The summed E-state index contributed by atoms with van der Waals surface area (Å²) in [4.78, 5) is 29.2. The summed E-state index contributed by atoms with van der Waals surface area (Å²) in [5.41, 5.74) is 2.21. The van der Waals surface area contributed by atoms with E-state index in [9.17, 15) is 9.59 Å². The van der Waals surface area contributed by atoms with Crippen molar-refractivity contribution in [1.29, 1.82) is 0 Å². The minimum Gasteiger partial charge on any atom is -0.354 e. The molecule has 32 heavy (non-hydrogen) atoms. The molecule has 0 atom stereocenters. The quantitative estimate of drug-likeness (QED) is 0.590. The van der Waals surface area contributed by atoms with Crippen LogP contribution in [-0.4, -0.2) is 53.3 Å². The summed E-state index contributed by atoms with van der Waals surface area (Å²) in [6, 6.07) is 23.7. The van der Waals surface area contributed by atoms with Crippen molar-refractivity contribution >= 4 is 11.7 Å². The summed E-state index contributed by atoms with van der Waals surface area (Å²) in [5, 5.41) is 7.34. The zero-order valence-corrected chi connectivity index (χ0v) is 18.2. The van der Waals surface area contributed by atoms with Crippen molar-refractivity contribution in [1.82, 2.24) is 20.0 Å². The molecule has 0 bridgehead atoms. The molecule has 1 saturated heterocycles. The highest BCUT2D eigenvalue weighted by Crippen LogP contribution is 2.13. The number of carbonyl (C=O) groups excluding carboxylic acids is 1. The SMILES string of the molecule is O=C(Cn1nc(N2CCN(Cc3ccccc3)CC2)ccc1=O)NCCc1ccccc1. The Morgan fingerprint density at radius 1 is 0.844 bits per heavy atom. The van der Waals surface area contributed by atoms with Crippen molar-refractivity contribution in [2.45, 2.75) is 19.5 Å². The minimum atomic E-state index is -0.269. The van der Waals surface area contributed by atoms with Crippen molar-refractivity contribution < 1.29 is 4.79 Å². The normalized spacial score (nSPS) is 14.3. The number of benzene rings is 2. The molecule has 0 radical (unpaired) electrons. The number of hydrogen-bond acceptors (Lipinski definition) is 5. The van der Waals surface area contributed by atoms with E-state index in [4.69, 9.17) is 0 Å². The Morgan fingerprint density at radius 3 is 2.19 bits per heavy atom. The molecule has 0 aliphatic carbocycles. The Kier molecular flexibility index (Phi) is 7.30. The van der Waals surface area contributed by atoms with Gasteiger partial charge in [0.1, 0.15) is 12.4 Å². The number of anilines is 1. The molecular weight excluding hydrogens is 402 g/mol.